The molecule has 22 heavy (non-hydrogen) atoms. The Balaban J connectivity index is 2.50. The van der Waals surface area contributed by atoms with Crippen LogP contribution in [0.15, 0.2) is 29.5 Å². The Morgan fingerprint density at radius 1 is 1.18 bits per heavy atom. The second-order valence-electron chi connectivity index (χ2n) is 4.69. The highest BCUT2D eigenvalue weighted by atomic mass is 16.5. The lowest BCUT2D eigenvalue weighted by molar-refractivity contribution is -0.136. The molecule has 0 aromatic heterocycles. The van der Waals surface area contributed by atoms with Crippen LogP contribution < -0.4 is 20.1 Å². The largest absolute Gasteiger partial charge is 0.497 e. The van der Waals surface area contributed by atoms with Crippen LogP contribution in [0, 0.1) is 0 Å². The Hall–Kier alpha value is -2.70. The van der Waals surface area contributed by atoms with E-state index in [2.05, 4.69) is 10.6 Å². The number of methoxy groups -OCH3 is 3. The number of hydrogen-bond acceptors (Lipinski definition) is 5. The molecule has 0 aliphatic carbocycles. The predicted molar refractivity (Wildman–Crippen MR) is 78.7 cm³/mol. The second kappa shape index (κ2) is 6.38. The number of amides is 2. The summed E-state index contributed by atoms with van der Waals surface area (Å²) in [5.74, 6) is 0.593. The summed E-state index contributed by atoms with van der Waals surface area (Å²) in [7, 11) is 4.35. The highest BCUT2D eigenvalue weighted by Crippen LogP contribution is 2.35. The molecular weight excluding hydrogens is 288 g/mol. The summed E-state index contributed by atoms with van der Waals surface area (Å²) in [6.45, 7) is 1.74. The van der Waals surface area contributed by atoms with E-state index >= 15 is 0 Å². The molecule has 0 radical (unpaired) electrons. The molecule has 1 atom stereocenters. The minimum atomic E-state index is -0.593. The first-order valence-corrected chi connectivity index (χ1v) is 6.60. The number of carbonyl (C=O) groups is 2. The van der Waals surface area contributed by atoms with Gasteiger partial charge in [0, 0.05) is 11.6 Å². The van der Waals surface area contributed by atoms with Gasteiger partial charge in [0.1, 0.15) is 17.2 Å². The molecule has 2 amide bonds. The van der Waals surface area contributed by atoms with Gasteiger partial charge in [0.2, 0.25) is 0 Å². The van der Waals surface area contributed by atoms with Gasteiger partial charge in [-0.05, 0) is 24.6 Å². The SMILES string of the molecule is COC(=O)C1=C(C)[C@@H](c2ccc(OC)cc2OC)NC(=O)N1. The van der Waals surface area contributed by atoms with Crippen molar-refractivity contribution in [2.45, 2.75) is 13.0 Å². The summed E-state index contributed by atoms with van der Waals surface area (Å²) in [5, 5.41) is 5.23. The van der Waals surface area contributed by atoms with E-state index in [1.54, 1.807) is 32.2 Å². The molecule has 7 heteroatoms. The van der Waals surface area contributed by atoms with Gasteiger partial charge in [-0.2, -0.15) is 0 Å². The molecule has 1 aliphatic heterocycles. The number of rotatable bonds is 4. The van der Waals surface area contributed by atoms with Crippen LogP contribution in [0.5, 0.6) is 11.5 Å². The van der Waals surface area contributed by atoms with Crippen molar-refractivity contribution in [1.82, 2.24) is 10.6 Å². The maximum Gasteiger partial charge on any atom is 0.354 e. The van der Waals surface area contributed by atoms with Crippen molar-refractivity contribution in [3.05, 3.63) is 35.0 Å². The van der Waals surface area contributed by atoms with Gasteiger partial charge in [-0.15, -0.1) is 0 Å². The van der Waals surface area contributed by atoms with E-state index in [-0.39, 0.29) is 5.70 Å². The van der Waals surface area contributed by atoms with Gasteiger partial charge in [-0.3, -0.25) is 0 Å². The van der Waals surface area contributed by atoms with E-state index in [0.29, 0.717) is 17.1 Å². The fourth-order valence-electron chi connectivity index (χ4n) is 2.31. The third-order valence-corrected chi connectivity index (χ3v) is 3.48. The maximum atomic E-state index is 11.8. The topological polar surface area (TPSA) is 85.9 Å². The third-order valence-electron chi connectivity index (χ3n) is 3.48. The Labute approximate surface area is 128 Å². The first kappa shape index (κ1) is 15.7. The van der Waals surface area contributed by atoms with Crippen molar-refractivity contribution >= 4 is 12.0 Å². The number of hydrogen-bond donors (Lipinski definition) is 2. The quantitative estimate of drug-likeness (QED) is 0.823. The Morgan fingerprint density at radius 2 is 1.91 bits per heavy atom. The standard InChI is InChI=1S/C15H18N2O5/c1-8-12(16-15(19)17-13(8)14(18)22-4)10-6-5-9(20-2)7-11(10)21-3/h5-7,12H,1-4H3,(H2,16,17,19)/t12-/m0/s1. The summed E-state index contributed by atoms with van der Waals surface area (Å²) < 4.78 is 15.2. The average molecular weight is 306 g/mol. The summed E-state index contributed by atoms with van der Waals surface area (Å²) in [6.07, 6.45) is 0. The number of esters is 1. The zero-order valence-corrected chi connectivity index (χ0v) is 12.9. The monoisotopic (exact) mass is 306 g/mol. The molecule has 1 aromatic rings. The fraction of sp³-hybridized carbons (Fsp3) is 0.333. The highest BCUT2D eigenvalue weighted by molar-refractivity contribution is 5.96. The average Bonchev–Trinajstić information content (AvgIpc) is 2.55. The van der Waals surface area contributed by atoms with E-state index in [1.807, 2.05) is 0 Å². The molecule has 1 heterocycles. The van der Waals surface area contributed by atoms with Gasteiger partial charge in [-0.1, -0.05) is 0 Å². The van der Waals surface area contributed by atoms with Gasteiger partial charge in [0.25, 0.3) is 0 Å². The van der Waals surface area contributed by atoms with Crippen molar-refractivity contribution in [2.24, 2.45) is 0 Å². The van der Waals surface area contributed by atoms with Gasteiger partial charge in [0.05, 0.1) is 27.4 Å². The maximum absolute atomic E-state index is 11.8. The minimum Gasteiger partial charge on any atom is -0.497 e. The van der Waals surface area contributed by atoms with Crippen LogP contribution >= 0.6 is 0 Å². The van der Waals surface area contributed by atoms with Crippen molar-refractivity contribution in [1.29, 1.82) is 0 Å². The van der Waals surface area contributed by atoms with Crippen LogP contribution in [0.1, 0.15) is 18.5 Å². The Morgan fingerprint density at radius 3 is 2.50 bits per heavy atom. The lowest BCUT2D eigenvalue weighted by Gasteiger charge is -2.28. The molecule has 0 unspecified atom stereocenters. The molecule has 118 valence electrons. The predicted octanol–water partition coefficient (Wildman–Crippen LogP) is 1.50. The number of urea groups is 1. The summed E-state index contributed by atoms with van der Waals surface area (Å²) in [5.41, 5.74) is 1.49. The number of ether oxygens (including phenoxy) is 3. The zero-order chi connectivity index (χ0) is 16.3. The van der Waals surface area contributed by atoms with Gasteiger partial charge < -0.3 is 24.8 Å². The van der Waals surface area contributed by atoms with Gasteiger partial charge in [-0.25, -0.2) is 9.59 Å². The fourth-order valence-corrected chi connectivity index (χ4v) is 2.31. The van der Waals surface area contributed by atoms with E-state index in [4.69, 9.17) is 14.2 Å². The smallest absolute Gasteiger partial charge is 0.354 e. The molecule has 1 aliphatic rings. The number of nitrogens with one attached hydrogen (secondary N) is 2. The molecule has 0 saturated carbocycles. The van der Waals surface area contributed by atoms with Crippen LogP contribution in [-0.4, -0.2) is 33.3 Å². The highest BCUT2D eigenvalue weighted by Gasteiger charge is 2.31. The Kier molecular flexibility index (Phi) is 4.55. The minimum absolute atomic E-state index is 0.133. The second-order valence-corrected chi connectivity index (χ2v) is 4.69. The molecule has 0 spiro atoms. The molecule has 0 saturated heterocycles. The Bertz CT molecular complexity index is 639. The molecule has 7 nitrogen and oxygen atoms in total. The molecule has 1 aromatic carbocycles. The zero-order valence-electron chi connectivity index (χ0n) is 12.9. The van der Waals surface area contributed by atoms with E-state index in [0.717, 1.165) is 5.56 Å². The summed E-state index contributed by atoms with van der Waals surface area (Å²) >= 11 is 0. The number of carbonyl (C=O) groups excluding carboxylic acids is 2. The normalized spacial score (nSPS) is 17.5. The molecule has 0 fully saturated rings. The lowest BCUT2D eigenvalue weighted by atomic mass is 9.95. The first-order valence-electron chi connectivity index (χ1n) is 6.60. The number of benzene rings is 1. The van der Waals surface area contributed by atoms with E-state index in [9.17, 15) is 9.59 Å². The van der Waals surface area contributed by atoms with Gasteiger partial charge in [0.15, 0.2) is 0 Å². The molecule has 0 bridgehead atoms. The molecular formula is C15H18N2O5. The summed E-state index contributed by atoms with van der Waals surface area (Å²) in [6, 6.07) is 4.29. The van der Waals surface area contributed by atoms with Crippen molar-refractivity contribution in [2.75, 3.05) is 21.3 Å². The van der Waals surface area contributed by atoms with Crippen molar-refractivity contribution < 1.29 is 23.8 Å². The third kappa shape index (κ3) is 2.83. The van der Waals surface area contributed by atoms with Crippen molar-refractivity contribution in [3.8, 4) is 11.5 Å². The van der Waals surface area contributed by atoms with E-state index < -0.39 is 18.0 Å². The summed E-state index contributed by atoms with van der Waals surface area (Å²) in [4.78, 5) is 23.6. The van der Waals surface area contributed by atoms with Crippen LogP contribution in [0.25, 0.3) is 0 Å². The van der Waals surface area contributed by atoms with Crippen molar-refractivity contribution in [3.63, 3.8) is 0 Å². The first-order chi connectivity index (χ1) is 10.5. The van der Waals surface area contributed by atoms with Gasteiger partial charge >= 0.3 is 12.0 Å². The van der Waals surface area contributed by atoms with Crippen LogP contribution in [0.4, 0.5) is 4.79 Å². The van der Waals surface area contributed by atoms with Crippen LogP contribution in [0.2, 0.25) is 0 Å². The molecule has 2 rings (SSSR count). The van der Waals surface area contributed by atoms with Crippen LogP contribution in [-0.2, 0) is 9.53 Å². The van der Waals surface area contributed by atoms with Crippen LogP contribution in [0.3, 0.4) is 0 Å². The van der Waals surface area contributed by atoms with E-state index in [1.165, 1.54) is 14.2 Å². The molecule has 2 N–H and O–H groups in total. The lowest BCUT2D eigenvalue weighted by Crippen LogP contribution is -2.45.